The van der Waals surface area contributed by atoms with Crippen LogP contribution in [0.5, 0.6) is 0 Å². The summed E-state index contributed by atoms with van der Waals surface area (Å²) in [7, 11) is 0. The van der Waals surface area contributed by atoms with Crippen LogP contribution in [0.1, 0.15) is 58.1 Å². The van der Waals surface area contributed by atoms with Gasteiger partial charge in [0.1, 0.15) is 18.1 Å². The van der Waals surface area contributed by atoms with E-state index >= 15 is 0 Å². The van der Waals surface area contributed by atoms with Gasteiger partial charge in [-0.05, 0) is 57.5 Å². The molecule has 204 valence electrons. The van der Waals surface area contributed by atoms with Gasteiger partial charge in [0.25, 0.3) is 0 Å². The number of nitrogens with zero attached hydrogens (tertiary/aromatic N) is 1. The smallest absolute Gasteiger partial charge is 0.326 e. The van der Waals surface area contributed by atoms with E-state index in [2.05, 4.69) is 25.9 Å². The summed E-state index contributed by atoms with van der Waals surface area (Å²) in [6.45, 7) is 4.41. The van der Waals surface area contributed by atoms with Crippen LogP contribution in [0, 0.1) is 5.92 Å². The largest absolute Gasteiger partial charge is 0.480 e. The molecule has 0 radical (unpaired) electrons. The summed E-state index contributed by atoms with van der Waals surface area (Å²) < 4.78 is 0. The molecule has 11 N–H and O–H groups in total. The third kappa shape index (κ3) is 11.1. The Labute approximate surface area is 211 Å². The molecule has 0 aliphatic carbocycles. The van der Waals surface area contributed by atoms with Crippen LogP contribution in [-0.2, 0) is 25.6 Å². The Morgan fingerprint density at radius 3 is 1.92 bits per heavy atom. The first-order valence-corrected chi connectivity index (χ1v) is 12.4. The van der Waals surface area contributed by atoms with Gasteiger partial charge in [0.15, 0.2) is 0 Å². The molecule has 1 aromatic rings. The number of rotatable bonds is 18. The van der Waals surface area contributed by atoms with Crippen LogP contribution in [0.3, 0.4) is 0 Å². The molecule has 0 aliphatic rings. The summed E-state index contributed by atoms with van der Waals surface area (Å²) in [4.78, 5) is 57.3. The highest BCUT2D eigenvalue weighted by molar-refractivity contribution is 5.94. The maximum atomic E-state index is 13.2. The van der Waals surface area contributed by atoms with Crippen LogP contribution < -0.4 is 33.2 Å². The molecule has 13 heteroatoms. The lowest BCUT2D eigenvalue weighted by Gasteiger charge is -2.25. The van der Waals surface area contributed by atoms with E-state index in [9.17, 15) is 24.3 Å². The van der Waals surface area contributed by atoms with Gasteiger partial charge in [0.05, 0.1) is 12.4 Å². The molecule has 36 heavy (non-hydrogen) atoms. The van der Waals surface area contributed by atoms with Crippen LogP contribution in [0.15, 0.2) is 12.5 Å². The number of unbranched alkanes of at least 4 members (excludes halogenated alkanes) is 2. The fraction of sp³-hybridized carbons (Fsp3) is 0.696. The number of aliphatic carboxylic acids is 1. The van der Waals surface area contributed by atoms with E-state index in [4.69, 9.17) is 17.2 Å². The minimum atomic E-state index is -1.17. The molecule has 3 amide bonds. The second kappa shape index (κ2) is 16.6. The fourth-order valence-corrected chi connectivity index (χ4v) is 3.45. The molecule has 0 saturated heterocycles. The predicted octanol–water partition coefficient (Wildman–Crippen LogP) is -1.27. The van der Waals surface area contributed by atoms with E-state index in [1.54, 1.807) is 13.8 Å². The van der Waals surface area contributed by atoms with Gasteiger partial charge in [-0.25, -0.2) is 9.78 Å². The van der Waals surface area contributed by atoms with Crippen molar-refractivity contribution in [3.63, 3.8) is 0 Å². The molecule has 0 fully saturated rings. The van der Waals surface area contributed by atoms with Gasteiger partial charge < -0.3 is 43.2 Å². The molecule has 0 bridgehead atoms. The summed E-state index contributed by atoms with van der Waals surface area (Å²) >= 11 is 0. The van der Waals surface area contributed by atoms with Gasteiger partial charge >= 0.3 is 5.97 Å². The number of imidazole rings is 1. The van der Waals surface area contributed by atoms with Crippen molar-refractivity contribution < 1.29 is 24.3 Å². The summed E-state index contributed by atoms with van der Waals surface area (Å²) in [5, 5.41) is 17.4. The Morgan fingerprint density at radius 2 is 1.42 bits per heavy atom. The highest BCUT2D eigenvalue weighted by Crippen LogP contribution is 2.08. The highest BCUT2D eigenvalue weighted by Gasteiger charge is 2.30. The normalized spacial score (nSPS) is 14.5. The Morgan fingerprint density at radius 1 is 0.889 bits per heavy atom. The Kier molecular flexibility index (Phi) is 14.3. The summed E-state index contributed by atoms with van der Waals surface area (Å²) in [5.41, 5.74) is 17.6. The molecule has 0 spiro atoms. The summed E-state index contributed by atoms with van der Waals surface area (Å²) in [5.74, 6) is -3.04. The van der Waals surface area contributed by atoms with Crippen LogP contribution in [0.2, 0.25) is 0 Å². The zero-order valence-corrected chi connectivity index (χ0v) is 21.2. The molecule has 1 rings (SSSR count). The molecule has 0 aliphatic heterocycles. The van der Waals surface area contributed by atoms with E-state index in [0.29, 0.717) is 44.5 Å². The number of carboxylic acids is 1. The maximum absolute atomic E-state index is 13.2. The van der Waals surface area contributed by atoms with Crippen molar-refractivity contribution in [2.45, 2.75) is 83.0 Å². The minimum Gasteiger partial charge on any atom is -0.480 e. The molecule has 1 aromatic heterocycles. The van der Waals surface area contributed by atoms with Crippen molar-refractivity contribution >= 4 is 23.7 Å². The first-order valence-electron chi connectivity index (χ1n) is 12.4. The number of amides is 3. The molecule has 4 atom stereocenters. The van der Waals surface area contributed by atoms with Crippen LogP contribution in [0.25, 0.3) is 0 Å². The Bertz CT molecular complexity index is 817. The number of carbonyl (C=O) groups excluding carboxylic acids is 3. The number of nitrogens with two attached hydrogens (primary N) is 3. The molecular formula is C23H42N8O5. The number of hydrogen-bond donors (Lipinski definition) is 8. The second-order valence-electron chi connectivity index (χ2n) is 9.14. The zero-order valence-electron chi connectivity index (χ0n) is 21.2. The summed E-state index contributed by atoms with van der Waals surface area (Å²) in [6.07, 6.45) is 5.86. The van der Waals surface area contributed by atoms with Crippen molar-refractivity contribution in [3.05, 3.63) is 18.2 Å². The lowest BCUT2D eigenvalue weighted by atomic mass is 10.0. The van der Waals surface area contributed by atoms with E-state index < -0.39 is 47.9 Å². The molecule has 4 unspecified atom stereocenters. The number of H-pyrrole nitrogens is 1. The van der Waals surface area contributed by atoms with Crippen molar-refractivity contribution in [1.29, 1.82) is 0 Å². The topological polar surface area (TPSA) is 231 Å². The molecular weight excluding hydrogens is 468 g/mol. The third-order valence-corrected chi connectivity index (χ3v) is 5.77. The van der Waals surface area contributed by atoms with Crippen LogP contribution in [0.4, 0.5) is 0 Å². The number of carboxylic acid groups (broad SMARTS) is 1. The molecule has 13 nitrogen and oxygen atoms in total. The number of carbonyl (C=O) groups is 4. The van der Waals surface area contributed by atoms with Crippen molar-refractivity contribution in [3.8, 4) is 0 Å². The number of hydrogen-bond acceptors (Lipinski definition) is 8. The quantitative estimate of drug-likeness (QED) is 0.110. The van der Waals surface area contributed by atoms with E-state index in [1.165, 1.54) is 12.5 Å². The van der Waals surface area contributed by atoms with Crippen molar-refractivity contribution in [2.24, 2.45) is 23.1 Å². The standard InChI is InChI=1S/C23H42N8O5/c1-14(2)19(26)22(34)31-18(11-15-12-27-13-28-15)21(33)29-16(7-3-5-9-24)20(32)30-17(23(35)36)8-4-6-10-25/h12-14,16-19H,3-11,24-26H2,1-2H3,(H,27,28)(H,29,33)(H,30,32)(H,31,34)(H,35,36). The van der Waals surface area contributed by atoms with Crippen molar-refractivity contribution in [1.82, 2.24) is 25.9 Å². The fourth-order valence-electron chi connectivity index (χ4n) is 3.45. The summed E-state index contributed by atoms with van der Waals surface area (Å²) in [6, 6.07) is -3.98. The van der Waals surface area contributed by atoms with E-state index in [0.717, 1.165) is 0 Å². The third-order valence-electron chi connectivity index (χ3n) is 5.77. The SMILES string of the molecule is CC(C)C(N)C(=O)NC(Cc1cnc[nH]1)C(=O)NC(CCCCN)C(=O)NC(CCCCN)C(=O)O. The predicted molar refractivity (Wildman–Crippen MR) is 134 cm³/mol. The first kappa shape index (κ1) is 31.0. The Hall–Kier alpha value is -3.03. The molecule has 0 saturated carbocycles. The number of nitrogens with one attached hydrogen (secondary N) is 4. The van der Waals surface area contributed by atoms with Gasteiger partial charge in [-0.3, -0.25) is 14.4 Å². The zero-order chi connectivity index (χ0) is 27.1. The monoisotopic (exact) mass is 510 g/mol. The lowest BCUT2D eigenvalue weighted by Crippen LogP contribution is -2.58. The maximum Gasteiger partial charge on any atom is 0.326 e. The number of aromatic nitrogens is 2. The molecule has 1 heterocycles. The van der Waals surface area contributed by atoms with Crippen LogP contribution in [-0.4, -0.2) is 76.0 Å². The van der Waals surface area contributed by atoms with Crippen molar-refractivity contribution in [2.75, 3.05) is 13.1 Å². The van der Waals surface area contributed by atoms with E-state index in [-0.39, 0.29) is 25.2 Å². The highest BCUT2D eigenvalue weighted by atomic mass is 16.4. The van der Waals surface area contributed by atoms with Crippen LogP contribution >= 0.6 is 0 Å². The average molecular weight is 511 g/mol. The van der Waals surface area contributed by atoms with Gasteiger partial charge in [0.2, 0.25) is 17.7 Å². The van der Waals surface area contributed by atoms with Gasteiger partial charge in [-0.15, -0.1) is 0 Å². The second-order valence-corrected chi connectivity index (χ2v) is 9.14. The van der Waals surface area contributed by atoms with Gasteiger partial charge in [0, 0.05) is 18.3 Å². The Balaban J connectivity index is 3.02. The van der Waals surface area contributed by atoms with Gasteiger partial charge in [-0.1, -0.05) is 13.8 Å². The minimum absolute atomic E-state index is 0.0936. The average Bonchev–Trinajstić information content (AvgIpc) is 3.34. The number of aromatic amines is 1. The van der Waals surface area contributed by atoms with Gasteiger partial charge in [-0.2, -0.15) is 0 Å². The first-order chi connectivity index (χ1) is 17.1. The van der Waals surface area contributed by atoms with E-state index in [1.807, 2.05) is 0 Å². The lowest BCUT2D eigenvalue weighted by molar-refractivity contribution is -0.142. The molecule has 0 aromatic carbocycles.